The Balaban J connectivity index is 1.61. The van der Waals surface area contributed by atoms with Crippen LogP contribution in [0.3, 0.4) is 0 Å². The number of ether oxygens (including phenoxy) is 1. The van der Waals surface area contributed by atoms with Gasteiger partial charge in [0.15, 0.2) is 0 Å². The third-order valence-electron chi connectivity index (χ3n) is 4.73. The van der Waals surface area contributed by atoms with E-state index in [1.807, 2.05) is 0 Å². The van der Waals surface area contributed by atoms with Gasteiger partial charge >= 0.3 is 0 Å². The summed E-state index contributed by atoms with van der Waals surface area (Å²) in [5.74, 6) is -0.413. The van der Waals surface area contributed by atoms with Crippen LogP contribution in [-0.4, -0.2) is 51.0 Å². The Labute approximate surface area is 153 Å². The maximum absolute atomic E-state index is 12.8. The van der Waals surface area contributed by atoms with Crippen molar-refractivity contribution in [3.63, 3.8) is 0 Å². The van der Waals surface area contributed by atoms with Gasteiger partial charge in [-0.3, -0.25) is 4.79 Å². The summed E-state index contributed by atoms with van der Waals surface area (Å²) in [5, 5.41) is 3.40. The van der Waals surface area contributed by atoms with E-state index in [4.69, 9.17) is 16.3 Å². The molecule has 0 aliphatic carbocycles. The Morgan fingerprint density at radius 3 is 2.68 bits per heavy atom. The second kappa shape index (κ2) is 8.03. The monoisotopic (exact) mass is 386 g/mol. The first kappa shape index (κ1) is 18.6. The highest BCUT2D eigenvalue weighted by Crippen LogP contribution is 2.25. The van der Waals surface area contributed by atoms with Crippen LogP contribution >= 0.6 is 11.6 Å². The molecule has 1 amide bonds. The zero-order valence-corrected chi connectivity index (χ0v) is 15.6. The molecular weight excluding hydrogens is 364 g/mol. The van der Waals surface area contributed by atoms with Crippen molar-refractivity contribution in [2.24, 2.45) is 5.92 Å². The number of carbonyl (C=O) groups is 1. The van der Waals surface area contributed by atoms with Crippen LogP contribution in [0.2, 0.25) is 5.02 Å². The molecule has 8 heteroatoms. The average Bonchev–Trinajstić information content (AvgIpc) is 3.14. The first-order valence-corrected chi connectivity index (χ1v) is 10.4. The Morgan fingerprint density at radius 2 is 2.00 bits per heavy atom. The fourth-order valence-electron chi connectivity index (χ4n) is 3.29. The molecule has 2 atom stereocenters. The van der Waals surface area contributed by atoms with Gasteiger partial charge in [-0.1, -0.05) is 11.6 Å². The number of nitrogens with zero attached hydrogens (tertiary/aromatic N) is 1. The number of hydrogen-bond acceptors (Lipinski definition) is 4. The first-order chi connectivity index (χ1) is 12.0. The van der Waals surface area contributed by atoms with E-state index in [1.54, 1.807) is 12.1 Å². The van der Waals surface area contributed by atoms with Crippen LogP contribution in [0.25, 0.3) is 0 Å². The molecule has 138 valence electrons. The molecule has 0 aromatic heterocycles. The lowest BCUT2D eigenvalue weighted by atomic mass is 9.99. The van der Waals surface area contributed by atoms with Gasteiger partial charge in [0, 0.05) is 31.3 Å². The van der Waals surface area contributed by atoms with Gasteiger partial charge in [0.2, 0.25) is 15.9 Å². The fourth-order valence-corrected chi connectivity index (χ4v) is 4.94. The summed E-state index contributed by atoms with van der Waals surface area (Å²) in [6.45, 7) is 1.89. The zero-order chi connectivity index (χ0) is 17.9. The standard InChI is InChI=1S/C17H23ClN2O4S/c18-14-5-7-16(8-6-14)25(22,23)20-9-1-3-13(12-20)17(21)19-11-15-4-2-10-24-15/h5-8,13,15H,1-4,9-12H2,(H,19,21). The summed E-state index contributed by atoms with van der Waals surface area (Å²) < 4.78 is 32.4. The predicted octanol–water partition coefficient (Wildman–Crippen LogP) is 2.04. The normalized spacial score (nSPS) is 25.0. The molecular formula is C17H23ClN2O4S. The van der Waals surface area contributed by atoms with E-state index in [2.05, 4.69) is 5.32 Å². The lowest BCUT2D eigenvalue weighted by Gasteiger charge is -2.31. The molecule has 2 aliphatic heterocycles. The molecule has 0 bridgehead atoms. The molecule has 2 heterocycles. The lowest BCUT2D eigenvalue weighted by molar-refractivity contribution is -0.126. The minimum atomic E-state index is -3.61. The largest absolute Gasteiger partial charge is 0.376 e. The van der Waals surface area contributed by atoms with E-state index < -0.39 is 10.0 Å². The molecule has 2 fully saturated rings. The maximum Gasteiger partial charge on any atom is 0.243 e. The number of nitrogens with one attached hydrogen (secondary N) is 1. The van der Waals surface area contributed by atoms with Crippen molar-refractivity contribution in [3.05, 3.63) is 29.3 Å². The molecule has 2 unspecified atom stereocenters. The number of piperidine rings is 1. The molecule has 0 saturated carbocycles. The van der Waals surface area contributed by atoms with Crippen molar-refractivity contribution in [2.45, 2.75) is 36.7 Å². The van der Waals surface area contributed by atoms with Crippen molar-refractivity contribution in [1.29, 1.82) is 0 Å². The Kier molecular flexibility index (Phi) is 5.99. The molecule has 1 N–H and O–H groups in total. The Morgan fingerprint density at radius 1 is 1.24 bits per heavy atom. The average molecular weight is 387 g/mol. The van der Waals surface area contributed by atoms with Gasteiger partial charge in [0.25, 0.3) is 0 Å². The second-order valence-corrected chi connectivity index (χ2v) is 8.91. The minimum Gasteiger partial charge on any atom is -0.376 e. The van der Waals surface area contributed by atoms with Gasteiger partial charge < -0.3 is 10.1 Å². The minimum absolute atomic E-state index is 0.0847. The van der Waals surface area contributed by atoms with Crippen molar-refractivity contribution in [3.8, 4) is 0 Å². The van der Waals surface area contributed by atoms with Gasteiger partial charge in [-0.2, -0.15) is 4.31 Å². The maximum atomic E-state index is 12.8. The predicted molar refractivity (Wildman–Crippen MR) is 94.9 cm³/mol. The topological polar surface area (TPSA) is 75.7 Å². The Bertz CT molecular complexity index is 702. The summed E-state index contributed by atoms with van der Waals surface area (Å²) in [6.07, 6.45) is 3.44. The summed E-state index contributed by atoms with van der Waals surface area (Å²) in [7, 11) is -3.61. The molecule has 2 aliphatic rings. The van der Waals surface area contributed by atoms with E-state index in [1.165, 1.54) is 16.4 Å². The Hall–Kier alpha value is -1.15. The SMILES string of the molecule is O=C(NCC1CCCO1)C1CCCN(S(=O)(=O)c2ccc(Cl)cc2)C1. The second-order valence-electron chi connectivity index (χ2n) is 6.54. The number of rotatable bonds is 5. The summed E-state index contributed by atoms with van der Waals surface area (Å²) in [4.78, 5) is 12.6. The molecule has 1 aromatic rings. The van der Waals surface area contributed by atoms with Crippen LogP contribution in [0.15, 0.2) is 29.2 Å². The van der Waals surface area contributed by atoms with Crippen LogP contribution in [-0.2, 0) is 19.6 Å². The van der Waals surface area contributed by atoms with E-state index in [0.717, 1.165) is 19.4 Å². The summed E-state index contributed by atoms with van der Waals surface area (Å²) >= 11 is 5.83. The molecule has 1 aromatic carbocycles. The van der Waals surface area contributed by atoms with Crippen molar-refractivity contribution >= 4 is 27.5 Å². The van der Waals surface area contributed by atoms with Gasteiger partial charge in [0.1, 0.15) is 0 Å². The van der Waals surface area contributed by atoms with E-state index in [9.17, 15) is 13.2 Å². The number of sulfonamides is 1. The molecule has 6 nitrogen and oxygen atoms in total. The molecule has 2 saturated heterocycles. The molecule has 0 spiro atoms. The fraction of sp³-hybridized carbons (Fsp3) is 0.588. The molecule has 25 heavy (non-hydrogen) atoms. The van der Waals surface area contributed by atoms with Gasteiger partial charge in [0.05, 0.1) is 16.9 Å². The van der Waals surface area contributed by atoms with Gasteiger partial charge in [-0.05, 0) is 49.9 Å². The third-order valence-corrected chi connectivity index (χ3v) is 6.87. The van der Waals surface area contributed by atoms with Crippen molar-refractivity contribution in [2.75, 3.05) is 26.2 Å². The zero-order valence-electron chi connectivity index (χ0n) is 14.0. The van der Waals surface area contributed by atoms with Crippen LogP contribution in [0.5, 0.6) is 0 Å². The van der Waals surface area contributed by atoms with Crippen LogP contribution in [0, 0.1) is 5.92 Å². The van der Waals surface area contributed by atoms with E-state index in [0.29, 0.717) is 31.0 Å². The highest BCUT2D eigenvalue weighted by Gasteiger charge is 2.33. The van der Waals surface area contributed by atoms with Gasteiger partial charge in [-0.15, -0.1) is 0 Å². The number of halogens is 1. The highest BCUT2D eigenvalue weighted by atomic mass is 35.5. The van der Waals surface area contributed by atoms with Gasteiger partial charge in [-0.25, -0.2) is 8.42 Å². The first-order valence-electron chi connectivity index (χ1n) is 8.62. The molecule has 0 radical (unpaired) electrons. The summed E-state index contributed by atoms with van der Waals surface area (Å²) in [5.41, 5.74) is 0. The number of carbonyl (C=O) groups excluding carboxylic acids is 1. The molecule has 3 rings (SSSR count). The van der Waals surface area contributed by atoms with Crippen LogP contribution in [0.1, 0.15) is 25.7 Å². The van der Waals surface area contributed by atoms with E-state index in [-0.39, 0.29) is 29.4 Å². The third kappa shape index (κ3) is 4.53. The van der Waals surface area contributed by atoms with Crippen molar-refractivity contribution < 1.29 is 17.9 Å². The summed E-state index contributed by atoms with van der Waals surface area (Å²) in [6, 6.07) is 6.12. The quantitative estimate of drug-likeness (QED) is 0.840. The van der Waals surface area contributed by atoms with Crippen LogP contribution < -0.4 is 5.32 Å². The number of hydrogen-bond donors (Lipinski definition) is 1. The number of benzene rings is 1. The number of amides is 1. The van der Waals surface area contributed by atoms with E-state index >= 15 is 0 Å². The smallest absolute Gasteiger partial charge is 0.243 e. The lowest BCUT2D eigenvalue weighted by Crippen LogP contribution is -2.46. The van der Waals surface area contributed by atoms with Crippen LogP contribution in [0.4, 0.5) is 0 Å². The van der Waals surface area contributed by atoms with Crippen molar-refractivity contribution in [1.82, 2.24) is 9.62 Å². The highest BCUT2D eigenvalue weighted by molar-refractivity contribution is 7.89.